The highest BCUT2D eigenvalue weighted by Gasteiger charge is 2.15. The quantitative estimate of drug-likeness (QED) is 0.731. The Morgan fingerprint density at radius 3 is 2.69 bits per heavy atom. The lowest BCUT2D eigenvalue weighted by atomic mass is 10.1. The number of anilines is 1. The summed E-state index contributed by atoms with van der Waals surface area (Å²) < 4.78 is 0.476. The molecule has 0 bridgehead atoms. The third-order valence-electron chi connectivity index (χ3n) is 1.53. The van der Waals surface area contributed by atoms with Gasteiger partial charge in [-0.25, -0.2) is 4.79 Å². The number of rotatable bonds is 1. The fourth-order valence-electron chi connectivity index (χ4n) is 0.918. The van der Waals surface area contributed by atoms with Crippen molar-refractivity contribution in [3.8, 4) is 6.07 Å². The van der Waals surface area contributed by atoms with Crippen molar-refractivity contribution in [3.63, 3.8) is 0 Å². The molecule has 5 heteroatoms. The molecule has 1 rings (SSSR count). The monoisotopic (exact) mass is 240 g/mol. The first-order chi connectivity index (χ1) is 6.07. The SMILES string of the molecule is N#Cc1ccc(Br)c(N)c1C(=O)O. The van der Waals surface area contributed by atoms with Crippen LogP contribution in [0.5, 0.6) is 0 Å². The van der Waals surface area contributed by atoms with Gasteiger partial charge in [0.15, 0.2) is 0 Å². The normalized spacial score (nSPS) is 9.23. The number of carboxylic acids is 1. The minimum atomic E-state index is -1.20. The van der Waals surface area contributed by atoms with Crippen LogP contribution in [0, 0.1) is 11.3 Å². The minimum Gasteiger partial charge on any atom is -0.478 e. The molecule has 13 heavy (non-hydrogen) atoms. The van der Waals surface area contributed by atoms with Gasteiger partial charge in [0.25, 0.3) is 0 Å². The maximum absolute atomic E-state index is 10.7. The Morgan fingerprint density at radius 1 is 1.62 bits per heavy atom. The second-order valence-corrected chi connectivity index (χ2v) is 3.15. The smallest absolute Gasteiger partial charge is 0.339 e. The Morgan fingerprint density at radius 2 is 2.23 bits per heavy atom. The zero-order valence-corrected chi connectivity index (χ0v) is 8.00. The maximum Gasteiger partial charge on any atom is 0.339 e. The van der Waals surface area contributed by atoms with Crippen molar-refractivity contribution in [1.29, 1.82) is 5.26 Å². The van der Waals surface area contributed by atoms with Crippen LogP contribution in [0.2, 0.25) is 0 Å². The van der Waals surface area contributed by atoms with Crippen molar-refractivity contribution < 1.29 is 9.90 Å². The van der Waals surface area contributed by atoms with Gasteiger partial charge < -0.3 is 10.8 Å². The number of hydrogen-bond donors (Lipinski definition) is 2. The average molecular weight is 241 g/mol. The van der Waals surface area contributed by atoms with Gasteiger partial charge in [0.05, 0.1) is 11.3 Å². The number of benzene rings is 1. The van der Waals surface area contributed by atoms with E-state index >= 15 is 0 Å². The van der Waals surface area contributed by atoms with Crippen molar-refractivity contribution in [2.75, 3.05) is 5.73 Å². The molecule has 0 radical (unpaired) electrons. The van der Waals surface area contributed by atoms with E-state index in [1.54, 1.807) is 12.1 Å². The van der Waals surface area contributed by atoms with E-state index in [-0.39, 0.29) is 16.8 Å². The Kier molecular flexibility index (Phi) is 2.54. The minimum absolute atomic E-state index is 0.0631. The standard InChI is InChI=1S/C8H5BrN2O2/c9-5-2-1-4(3-10)6(7(5)11)8(12)13/h1-2H,11H2,(H,12,13). The molecule has 0 spiro atoms. The second-order valence-electron chi connectivity index (χ2n) is 2.30. The van der Waals surface area contributed by atoms with Gasteiger partial charge in [0, 0.05) is 4.47 Å². The number of nitrogens with zero attached hydrogens (tertiary/aromatic N) is 1. The van der Waals surface area contributed by atoms with Crippen LogP contribution in [0.3, 0.4) is 0 Å². The largest absolute Gasteiger partial charge is 0.478 e. The molecule has 0 saturated carbocycles. The topological polar surface area (TPSA) is 87.1 Å². The fourth-order valence-corrected chi connectivity index (χ4v) is 1.25. The van der Waals surface area contributed by atoms with Crippen LogP contribution in [0.15, 0.2) is 16.6 Å². The third-order valence-corrected chi connectivity index (χ3v) is 2.22. The molecule has 4 nitrogen and oxygen atoms in total. The van der Waals surface area contributed by atoms with Crippen molar-refractivity contribution >= 4 is 27.6 Å². The summed E-state index contributed by atoms with van der Waals surface area (Å²) in [7, 11) is 0. The van der Waals surface area contributed by atoms with Gasteiger partial charge in [-0.2, -0.15) is 5.26 Å². The zero-order chi connectivity index (χ0) is 10.0. The summed E-state index contributed by atoms with van der Waals surface area (Å²) in [6.45, 7) is 0. The van der Waals surface area contributed by atoms with Crippen LogP contribution in [0.25, 0.3) is 0 Å². The van der Waals surface area contributed by atoms with E-state index in [9.17, 15) is 4.79 Å². The average Bonchev–Trinajstić information content (AvgIpc) is 2.08. The molecule has 0 aromatic heterocycles. The Labute approximate surface area is 82.7 Å². The number of halogens is 1. The van der Waals surface area contributed by atoms with E-state index in [0.717, 1.165) is 0 Å². The van der Waals surface area contributed by atoms with Crippen LogP contribution >= 0.6 is 15.9 Å². The van der Waals surface area contributed by atoms with Crippen molar-refractivity contribution in [3.05, 3.63) is 27.7 Å². The highest BCUT2D eigenvalue weighted by atomic mass is 79.9. The van der Waals surface area contributed by atoms with Crippen LogP contribution in [-0.4, -0.2) is 11.1 Å². The number of aromatic carboxylic acids is 1. The lowest BCUT2D eigenvalue weighted by Crippen LogP contribution is -2.05. The van der Waals surface area contributed by atoms with Crippen molar-refractivity contribution in [2.45, 2.75) is 0 Å². The number of nitriles is 1. The van der Waals surface area contributed by atoms with Gasteiger partial charge in [0.2, 0.25) is 0 Å². The molecule has 1 aromatic rings. The third kappa shape index (κ3) is 1.63. The van der Waals surface area contributed by atoms with Gasteiger partial charge >= 0.3 is 5.97 Å². The predicted octanol–water partition coefficient (Wildman–Crippen LogP) is 1.60. The summed E-state index contributed by atoms with van der Waals surface area (Å²) >= 11 is 3.08. The van der Waals surface area contributed by atoms with Crippen molar-refractivity contribution in [2.24, 2.45) is 0 Å². The first kappa shape index (κ1) is 9.55. The van der Waals surface area contributed by atoms with Gasteiger partial charge in [-0.1, -0.05) is 0 Å². The number of nitrogens with two attached hydrogens (primary N) is 1. The van der Waals surface area contributed by atoms with Crippen LogP contribution in [0.1, 0.15) is 15.9 Å². The van der Waals surface area contributed by atoms with Crippen LogP contribution in [0.4, 0.5) is 5.69 Å². The van der Waals surface area contributed by atoms with Gasteiger partial charge in [0.1, 0.15) is 11.6 Å². The summed E-state index contributed by atoms with van der Waals surface area (Å²) in [5.41, 5.74) is 5.46. The van der Waals surface area contributed by atoms with E-state index in [1.807, 2.05) is 0 Å². The molecular weight excluding hydrogens is 236 g/mol. The molecule has 0 aliphatic rings. The van der Waals surface area contributed by atoms with E-state index < -0.39 is 5.97 Å². The Bertz CT molecular complexity index is 409. The molecule has 0 atom stereocenters. The van der Waals surface area contributed by atoms with E-state index in [4.69, 9.17) is 16.1 Å². The lowest BCUT2D eigenvalue weighted by Gasteiger charge is -2.04. The maximum atomic E-state index is 10.7. The summed E-state index contributed by atoms with van der Waals surface area (Å²) in [6, 6.07) is 4.71. The Balaban J connectivity index is 3.53. The molecular formula is C8H5BrN2O2. The summed E-state index contributed by atoms with van der Waals surface area (Å²) in [4.78, 5) is 10.7. The Hall–Kier alpha value is -1.54. The summed E-state index contributed by atoms with van der Waals surface area (Å²) in [6.07, 6.45) is 0. The molecule has 0 aliphatic heterocycles. The van der Waals surface area contributed by atoms with E-state index in [0.29, 0.717) is 4.47 Å². The van der Waals surface area contributed by atoms with Crippen LogP contribution < -0.4 is 5.73 Å². The number of nitrogen functional groups attached to an aromatic ring is 1. The summed E-state index contributed by atoms with van der Waals surface area (Å²) in [5.74, 6) is -1.20. The molecule has 66 valence electrons. The zero-order valence-electron chi connectivity index (χ0n) is 6.41. The van der Waals surface area contributed by atoms with Crippen molar-refractivity contribution in [1.82, 2.24) is 0 Å². The van der Waals surface area contributed by atoms with E-state index in [2.05, 4.69) is 15.9 Å². The second kappa shape index (κ2) is 3.46. The predicted molar refractivity (Wildman–Crippen MR) is 50.2 cm³/mol. The first-order valence-electron chi connectivity index (χ1n) is 3.29. The molecule has 0 fully saturated rings. The fraction of sp³-hybridized carbons (Fsp3) is 0. The highest BCUT2D eigenvalue weighted by molar-refractivity contribution is 9.10. The number of hydrogen-bond acceptors (Lipinski definition) is 3. The number of carbonyl (C=O) groups is 1. The van der Waals surface area contributed by atoms with E-state index in [1.165, 1.54) is 6.07 Å². The molecule has 0 aliphatic carbocycles. The lowest BCUT2D eigenvalue weighted by molar-refractivity contribution is 0.0697. The molecule has 1 aromatic carbocycles. The van der Waals surface area contributed by atoms with Gasteiger partial charge in [-0.15, -0.1) is 0 Å². The number of carboxylic acid groups (broad SMARTS) is 1. The molecule has 0 unspecified atom stereocenters. The first-order valence-corrected chi connectivity index (χ1v) is 4.08. The molecule has 3 N–H and O–H groups in total. The molecule has 0 heterocycles. The highest BCUT2D eigenvalue weighted by Crippen LogP contribution is 2.25. The van der Waals surface area contributed by atoms with Gasteiger partial charge in [-0.05, 0) is 28.1 Å². The van der Waals surface area contributed by atoms with Crippen LogP contribution in [-0.2, 0) is 0 Å². The molecule has 0 amide bonds. The molecule has 0 saturated heterocycles. The van der Waals surface area contributed by atoms with Gasteiger partial charge in [-0.3, -0.25) is 0 Å². The summed E-state index contributed by atoms with van der Waals surface area (Å²) in [5, 5.41) is 17.3.